The highest BCUT2D eigenvalue weighted by molar-refractivity contribution is 5.85. The number of nitrogens with zero attached hydrogens (tertiary/aromatic N) is 3. The highest BCUT2D eigenvalue weighted by Gasteiger charge is 2.24. The number of likely N-dealkylation sites (tertiary alicyclic amines) is 1. The number of benzene rings is 1. The Kier molecular flexibility index (Phi) is 5.93. The Labute approximate surface area is 150 Å². The maximum atomic E-state index is 4.72. The summed E-state index contributed by atoms with van der Waals surface area (Å²) in [6.07, 6.45) is 7.48. The lowest BCUT2D eigenvalue weighted by atomic mass is 10.0. The molecular formula is C19H27ClN4. The van der Waals surface area contributed by atoms with Gasteiger partial charge in [-0.15, -0.1) is 12.4 Å². The van der Waals surface area contributed by atoms with Gasteiger partial charge in [0.15, 0.2) is 0 Å². The van der Waals surface area contributed by atoms with E-state index in [1.807, 2.05) is 10.7 Å². The highest BCUT2D eigenvalue weighted by atomic mass is 35.5. The molecule has 1 aliphatic heterocycles. The van der Waals surface area contributed by atoms with Gasteiger partial charge in [0, 0.05) is 31.9 Å². The number of nitrogens with one attached hydrogen (secondary N) is 1. The van der Waals surface area contributed by atoms with Gasteiger partial charge in [-0.1, -0.05) is 18.2 Å². The van der Waals surface area contributed by atoms with Crippen molar-refractivity contribution in [1.29, 1.82) is 0 Å². The Balaban J connectivity index is 0.00000169. The predicted molar refractivity (Wildman–Crippen MR) is 99.8 cm³/mol. The standard InChI is InChI=1S/C19H26N4.ClH/c1-2-4-19(5-3-1)23-13-10-18(21-23)15-22-11-8-17(9-12-22)20-14-16-6-7-16;/h1-5,10,13,16-17,20H,6-9,11-12,14-15H2;1H. The zero-order valence-corrected chi connectivity index (χ0v) is 14.9. The second-order valence-corrected chi connectivity index (χ2v) is 6.99. The molecule has 0 unspecified atom stereocenters. The van der Waals surface area contributed by atoms with Crippen molar-refractivity contribution >= 4 is 12.4 Å². The predicted octanol–water partition coefficient (Wildman–Crippen LogP) is 3.26. The van der Waals surface area contributed by atoms with Crippen molar-refractivity contribution in [2.24, 2.45) is 5.92 Å². The Morgan fingerprint density at radius 2 is 1.75 bits per heavy atom. The Hall–Kier alpha value is -1.36. The van der Waals surface area contributed by atoms with Gasteiger partial charge >= 0.3 is 0 Å². The van der Waals surface area contributed by atoms with Crippen LogP contribution in [0.1, 0.15) is 31.4 Å². The van der Waals surface area contributed by atoms with E-state index in [1.54, 1.807) is 0 Å². The van der Waals surface area contributed by atoms with E-state index in [0.29, 0.717) is 0 Å². The molecule has 1 saturated heterocycles. The van der Waals surface area contributed by atoms with Crippen LogP contribution in [-0.4, -0.2) is 40.4 Å². The van der Waals surface area contributed by atoms with Crippen molar-refractivity contribution in [3.8, 4) is 5.69 Å². The molecule has 1 aliphatic carbocycles. The highest BCUT2D eigenvalue weighted by Crippen LogP contribution is 2.28. The van der Waals surface area contributed by atoms with E-state index in [4.69, 9.17) is 5.10 Å². The van der Waals surface area contributed by atoms with E-state index in [2.05, 4.69) is 46.7 Å². The monoisotopic (exact) mass is 346 g/mol. The number of piperidine rings is 1. The van der Waals surface area contributed by atoms with Crippen LogP contribution in [0, 0.1) is 5.92 Å². The van der Waals surface area contributed by atoms with Crippen LogP contribution in [0.4, 0.5) is 0 Å². The van der Waals surface area contributed by atoms with Crippen LogP contribution in [0.15, 0.2) is 42.6 Å². The van der Waals surface area contributed by atoms with Crippen molar-refractivity contribution in [3.05, 3.63) is 48.3 Å². The first kappa shape index (κ1) is 17.5. The lowest BCUT2D eigenvalue weighted by Gasteiger charge is -2.32. The minimum absolute atomic E-state index is 0. The Morgan fingerprint density at radius 1 is 1.00 bits per heavy atom. The summed E-state index contributed by atoms with van der Waals surface area (Å²) >= 11 is 0. The molecule has 0 atom stereocenters. The molecule has 4 nitrogen and oxygen atoms in total. The maximum Gasteiger partial charge on any atom is 0.0769 e. The molecule has 0 radical (unpaired) electrons. The van der Waals surface area contributed by atoms with Crippen LogP contribution in [0.5, 0.6) is 0 Å². The first-order valence-electron chi connectivity index (χ1n) is 8.92. The van der Waals surface area contributed by atoms with Gasteiger partial charge in [0.25, 0.3) is 0 Å². The molecule has 0 bridgehead atoms. The number of para-hydroxylation sites is 1. The van der Waals surface area contributed by atoms with Gasteiger partial charge in [0.05, 0.1) is 11.4 Å². The van der Waals surface area contributed by atoms with E-state index in [0.717, 1.165) is 24.2 Å². The minimum Gasteiger partial charge on any atom is -0.314 e. The zero-order chi connectivity index (χ0) is 15.5. The first-order valence-corrected chi connectivity index (χ1v) is 8.92. The van der Waals surface area contributed by atoms with Crippen LogP contribution < -0.4 is 5.32 Å². The fourth-order valence-electron chi connectivity index (χ4n) is 3.35. The van der Waals surface area contributed by atoms with E-state index >= 15 is 0 Å². The third kappa shape index (κ3) is 4.59. The molecule has 4 rings (SSSR count). The second kappa shape index (κ2) is 8.15. The van der Waals surface area contributed by atoms with Crippen molar-refractivity contribution < 1.29 is 0 Å². The summed E-state index contributed by atoms with van der Waals surface area (Å²) in [5.74, 6) is 0.981. The molecule has 1 N–H and O–H groups in total. The van der Waals surface area contributed by atoms with E-state index in [-0.39, 0.29) is 12.4 Å². The molecule has 0 amide bonds. The molecular weight excluding hydrogens is 320 g/mol. The third-order valence-corrected chi connectivity index (χ3v) is 5.03. The zero-order valence-electron chi connectivity index (χ0n) is 14.1. The van der Waals surface area contributed by atoms with Crippen LogP contribution >= 0.6 is 12.4 Å². The molecule has 1 saturated carbocycles. The first-order chi connectivity index (χ1) is 11.4. The van der Waals surface area contributed by atoms with Crippen LogP contribution in [0.25, 0.3) is 5.69 Å². The van der Waals surface area contributed by atoms with Gasteiger partial charge in [0.2, 0.25) is 0 Å². The summed E-state index contributed by atoms with van der Waals surface area (Å²) in [5, 5.41) is 8.47. The molecule has 2 fully saturated rings. The van der Waals surface area contributed by atoms with E-state index in [9.17, 15) is 0 Å². The summed E-state index contributed by atoms with van der Waals surface area (Å²) in [6, 6.07) is 13.2. The van der Waals surface area contributed by atoms with Gasteiger partial charge in [-0.25, -0.2) is 4.68 Å². The maximum absolute atomic E-state index is 4.72. The van der Waals surface area contributed by atoms with Gasteiger partial charge in [-0.2, -0.15) is 5.10 Å². The fourth-order valence-corrected chi connectivity index (χ4v) is 3.35. The summed E-state index contributed by atoms with van der Waals surface area (Å²) in [6.45, 7) is 4.57. The normalized spacial score (nSPS) is 19.2. The number of rotatable bonds is 6. The lowest BCUT2D eigenvalue weighted by Crippen LogP contribution is -2.42. The van der Waals surface area contributed by atoms with Crippen LogP contribution in [0.2, 0.25) is 0 Å². The number of hydrogen-bond donors (Lipinski definition) is 1. The number of aromatic nitrogens is 2. The summed E-state index contributed by atoms with van der Waals surface area (Å²) < 4.78 is 1.97. The largest absolute Gasteiger partial charge is 0.314 e. The molecule has 2 heterocycles. The quantitative estimate of drug-likeness (QED) is 0.871. The average Bonchev–Trinajstić information content (AvgIpc) is 3.32. The van der Waals surface area contributed by atoms with Gasteiger partial charge < -0.3 is 5.32 Å². The Bertz CT molecular complexity index is 615. The van der Waals surface area contributed by atoms with E-state index < -0.39 is 0 Å². The molecule has 130 valence electrons. The minimum atomic E-state index is 0. The summed E-state index contributed by atoms with van der Waals surface area (Å²) in [5.41, 5.74) is 2.29. The molecule has 1 aromatic carbocycles. The van der Waals surface area contributed by atoms with Crippen molar-refractivity contribution in [2.75, 3.05) is 19.6 Å². The smallest absolute Gasteiger partial charge is 0.0769 e. The topological polar surface area (TPSA) is 33.1 Å². The van der Waals surface area contributed by atoms with Crippen molar-refractivity contribution in [2.45, 2.75) is 38.3 Å². The summed E-state index contributed by atoms with van der Waals surface area (Å²) in [7, 11) is 0. The third-order valence-electron chi connectivity index (χ3n) is 5.03. The molecule has 2 aliphatic rings. The van der Waals surface area contributed by atoms with Crippen LogP contribution in [-0.2, 0) is 6.54 Å². The summed E-state index contributed by atoms with van der Waals surface area (Å²) in [4.78, 5) is 2.53. The van der Waals surface area contributed by atoms with Crippen molar-refractivity contribution in [1.82, 2.24) is 20.0 Å². The van der Waals surface area contributed by atoms with Crippen LogP contribution in [0.3, 0.4) is 0 Å². The molecule has 5 heteroatoms. The SMILES string of the molecule is Cl.c1ccc(-n2ccc(CN3CCC(NCC4CC4)CC3)n2)cc1. The average molecular weight is 347 g/mol. The second-order valence-electron chi connectivity index (χ2n) is 6.99. The van der Waals surface area contributed by atoms with Crippen molar-refractivity contribution in [3.63, 3.8) is 0 Å². The van der Waals surface area contributed by atoms with Gasteiger partial charge in [-0.05, 0) is 56.3 Å². The Morgan fingerprint density at radius 3 is 2.46 bits per heavy atom. The van der Waals surface area contributed by atoms with Gasteiger partial charge in [0.1, 0.15) is 0 Å². The molecule has 0 spiro atoms. The molecule has 24 heavy (non-hydrogen) atoms. The lowest BCUT2D eigenvalue weighted by molar-refractivity contribution is 0.188. The number of halogens is 1. The van der Waals surface area contributed by atoms with E-state index in [1.165, 1.54) is 51.0 Å². The molecule has 2 aromatic rings. The van der Waals surface area contributed by atoms with Gasteiger partial charge in [-0.3, -0.25) is 4.90 Å². The molecule has 1 aromatic heterocycles. The fraction of sp³-hybridized carbons (Fsp3) is 0.526. The number of hydrogen-bond acceptors (Lipinski definition) is 3.